The van der Waals surface area contributed by atoms with Gasteiger partial charge in [-0.15, -0.1) is 0 Å². The smallest absolute Gasteiger partial charge is 0.305 e. The molecule has 1 atom stereocenters. The van der Waals surface area contributed by atoms with Crippen molar-refractivity contribution >= 4 is 11.9 Å². The summed E-state index contributed by atoms with van der Waals surface area (Å²) in [4.78, 5) is 27.4. The number of hydrogen-bond donors (Lipinski definition) is 1. The van der Waals surface area contributed by atoms with Crippen LogP contribution in [-0.4, -0.2) is 24.0 Å². The Morgan fingerprint density at radius 2 is 1.93 bits per heavy atom. The first-order valence-electron chi connectivity index (χ1n) is 9.07. The van der Waals surface area contributed by atoms with E-state index in [2.05, 4.69) is 15.0 Å². The van der Waals surface area contributed by atoms with Crippen LogP contribution in [-0.2, 0) is 20.9 Å². The zero-order valence-electron chi connectivity index (χ0n) is 15.8. The maximum absolute atomic E-state index is 12.1. The van der Waals surface area contributed by atoms with E-state index in [1.165, 1.54) is 7.11 Å². The number of carbonyl (C=O) groups is 2. The van der Waals surface area contributed by atoms with Gasteiger partial charge in [0.2, 0.25) is 5.91 Å². The summed E-state index contributed by atoms with van der Waals surface area (Å²) >= 11 is 0. The molecule has 0 fully saturated rings. The number of unbranched alkanes of at least 4 members (excludes halogenated alkanes) is 1. The van der Waals surface area contributed by atoms with Crippen molar-refractivity contribution in [3.05, 3.63) is 59.9 Å². The summed E-state index contributed by atoms with van der Waals surface area (Å²) in [6.45, 7) is 2.33. The number of nitrogens with one attached hydrogen (secondary N) is 1. The average Bonchev–Trinajstić information content (AvgIpc) is 2.70. The molecule has 144 valence electrons. The van der Waals surface area contributed by atoms with Gasteiger partial charge in [-0.05, 0) is 49.6 Å². The molecule has 2 aromatic rings. The minimum Gasteiger partial charge on any atom is -0.487 e. The average molecular weight is 370 g/mol. The minimum absolute atomic E-state index is 0.0350. The lowest BCUT2D eigenvalue weighted by Crippen LogP contribution is -2.26. The highest BCUT2D eigenvalue weighted by Gasteiger charge is 2.11. The number of ether oxygens (including phenoxy) is 2. The van der Waals surface area contributed by atoms with Gasteiger partial charge in [-0.1, -0.05) is 18.2 Å². The van der Waals surface area contributed by atoms with Gasteiger partial charge in [0.1, 0.15) is 12.4 Å². The number of aromatic nitrogens is 1. The number of pyridine rings is 1. The monoisotopic (exact) mass is 370 g/mol. The summed E-state index contributed by atoms with van der Waals surface area (Å²) in [5, 5.41) is 2.98. The van der Waals surface area contributed by atoms with Crippen molar-refractivity contribution in [1.29, 1.82) is 0 Å². The van der Waals surface area contributed by atoms with Crippen molar-refractivity contribution < 1.29 is 19.1 Å². The van der Waals surface area contributed by atoms with E-state index < -0.39 is 0 Å². The van der Waals surface area contributed by atoms with Crippen molar-refractivity contribution in [2.24, 2.45) is 0 Å². The van der Waals surface area contributed by atoms with Crippen LogP contribution in [0.1, 0.15) is 49.9 Å². The lowest BCUT2D eigenvalue weighted by molar-refractivity contribution is -0.140. The fourth-order valence-corrected chi connectivity index (χ4v) is 2.57. The Morgan fingerprint density at radius 1 is 1.11 bits per heavy atom. The predicted molar refractivity (Wildman–Crippen MR) is 102 cm³/mol. The Hall–Kier alpha value is -2.89. The summed E-state index contributed by atoms with van der Waals surface area (Å²) < 4.78 is 10.4. The Labute approximate surface area is 159 Å². The molecule has 0 aliphatic rings. The first-order valence-corrected chi connectivity index (χ1v) is 9.07. The summed E-state index contributed by atoms with van der Waals surface area (Å²) in [5.41, 5.74) is 1.83. The third-order valence-electron chi connectivity index (χ3n) is 4.11. The van der Waals surface area contributed by atoms with E-state index in [1.807, 2.05) is 49.4 Å². The fraction of sp³-hybridized carbons (Fsp3) is 0.381. The Kier molecular flexibility index (Phi) is 8.29. The standard InChI is InChI=1S/C21H26N2O4/c1-16(23-20(24)11-3-4-12-21(25)26-2)17-8-7-10-19(14-17)27-15-18-9-5-6-13-22-18/h5-10,13-14,16H,3-4,11-12,15H2,1-2H3,(H,23,24). The van der Waals surface area contributed by atoms with Gasteiger partial charge in [-0.2, -0.15) is 0 Å². The highest BCUT2D eigenvalue weighted by atomic mass is 16.5. The molecule has 1 N–H and O–H groups in total. The summed E-state index contributed by atoms with van der Waals surface area (Å²) in [6.07, 6.45) is 3.76. The van der Waals surface area contributed by atoms with Crippen LogP contribution in [0.25, 0.3) is 0 Å². The van der Waals surface area contributed by atoms with Crippen molar-refractivity contribution in [2.45, 2.75) is 45.3 Å². The van der Waals surface area contributed by atoms with Gasteiger partial charge in [0.05, 0.1) is 18.8 Å². The van der Waals surface area contributed by atoms with Crippen LogP contribution in [0.3, 0.4) is 0 Å². The number of methoxy groups -OCH3 is 1. The Bertz CT molecular complexity index is 734. The van der Waals surface area contributed by atoms with Crippen molar-refractivity contribution in [1.82, 2.24) is 10.3 Å². The van der Waals surface area contributed by atoms with E-state index in [0.29, 0.717) is 32.3 Å². The van der Waals surface area contributed by atoms with E-state index in [4.69, 9.17) is 4.74 Å². The second kappa shape index (κ2) is 11.0. The molecule has 0 bridgehead atoms. The highest BCUT2D eigenvalue weighted by Crippen LogP contribution is 2.20. The second-order valence-corrected chi connectivity index (χ2v) is 6.25. The van der Waals surface area contributed by atoms with Gasteiger partial charge in [0.15, 0.2) is 0 Å². The quantitative estimate of drug-likeness (QED) is 0.511. The molecule has 0 aliphatic heterocycles. The van der Waals surface area contributed by atoms with Crippen LogP contribution in [0.5, 0.6) is 5.75 Å². The van der Waals surface area contributed by atoms with Gasteiger partial charge in [-0.25, -0.2) is 0 Å². The second-order valence-electron chi connectivity index (χ2n) is 6.25. The van der Waals surface area contributed by atoms with E-state index >= 15 is 0 Å². The summed E-state index contributed by atoms with van der Waals surface area (Å²) in [6, 6.07) is 13.2. The highest BCUT2D eigenvalue weighted by molar-refractivity contribution is 5.76. The van der Waals surface area contributed by atoms with Gasteiger partial charge in [0.25, 0.3) is 0 Å². The van der Waals surface area contributed by atoms with Crippen LogP contribution in [0.15, 0.2) is 48.7 Å². The molecule has 1 aromatic heterocycles. The fourth-order valence-electron chi connectivity index (χ4n) is 2.57. The molecule has 2 rings (SSSR count). The third kappa shape index (κ3) is 7.48. The number of esters is 1. The first-order chi connectivity index (χ1) is 13.1. The van der Waals surface area contributed by atoms with Crippen LogP contribution in [0.4, 0.5) is 0 Å². The molecule has 27 heavy (non-hydrogen) atoms. The largest absolute Gasteiger partial charge is 0.487 e. The predicted octanol–water partition coefficient (Wildman–Crippen LogP) is 3.57. The topological polar surface area (TPSA) is 77.5 Å². The molecule has 6 heteroatoms. The maximum atomic E-state index is 12.1. The first kappa shape index (κ1) is 20.4. The number of benzene rings is 1. The van der Waals surface area contributed by atoms with Crippen LogP contribution in [0.2, 0.25) is 0 Å². The number of nitrogens with zero attached hydrogens (tertiary/aromatic N) is 1. The van der Waals surface area contributed by atoms with Gasteiger partial charge < -0.3 is 14.8 Å². The van der Waals surface area contributed by atoms with E-state index in [9.17, 15) is 9.59 Å². The van der Waals surface area contributed by atoms with Gasteiger partial charge in [0, 0.05) is 19.0 Å². The van der Waals surface area contributed by atoms with Crippen molar-refractivity contribution in [3.63, 3.8) is 0 Å². The summed E-state index contributed by atoms with van der Waals surface area (Å²) in [7, 11) is 1.37. The summed E-state index contributed by atoms with van der Waals surface area (Å²) in [5.74, 6) is 0.454. The van der Waals surface area contributed by atoms with E-state index in [-0.39, 0.29) is 17.9 Å². The molecule has 0 aliphatic carbocycles. The molecule has 0 spiro atoms. The van der Waals surface area contributed by atoms with Gasteiger partial charge in [-0.3, -0.25) is 14.6 Å². The molecule has 6 nitrogen and oxygen atoms in total. The molecule has 1 amide bonds. The lowest BCUT2D eigenvalue weighted by Gasteiger charge is -2.15. The van der Waals surface area contributed by atoms with Crippen molar-refractivity contribution in [2.75, 3.05) is 7.11 Å². The molecular weight excluding hydrogens is 344 g/mol. The zero-order valence-corrected chi connectivity index (χ0v) is 15.8. The molecule has 1 aromatic carbocycles. The number of amides is 1. The van der Waals surface area contributed by atoms with Gasteiger partial charge >= 0.3 is 5.97 Å². The van der Waals surface area contributed by atoms with Crippen LogP contribution < -0.4 is 10.1 Å². The van der Waals surface area contributed by atoms with Crippen LogP contribution >= 0.6 is 0 Å². The Balaban J connectivity index is 1.79. The lowest BCUT2D eigenvalue weighted by atomic mass is 10.1. The molecule has 1 unspecified atom stereocenters. The van der Waals surface area contributed by atoms with Crippen LogP contribution in [0, 0.1) is 0 Å². The molecule has 0 saturated carbocycles. The zero-order chi connectivity index (χ0) is 19.5. The van der Waals surface area contributed by atoms with Crippen molar-refractivity contribution in [3.8, 4) is 5.75 Å². The molecular formula is C21H26N2O4. The number of hydrogen-bond acceptors (Lipinski definition) is 5. The third-order valence-corrected chi connectivity index (χ3v) is 4.11. The van der Waals surface area contributed by atoms with E-state index in [0.717, 1.165) is 17.0 Å². The molecule has 0 radical (unpaired) electrons. The normalized spacial score (nSPS) is 11.5. The Morgan fingerprint density at radius 3 is 2.67 bits per heavy atom. The molecule has 1 heterocycles. The van der Waals surface area contributed by atoms with E-state index in [1.54, 1.807) is 6.20 Å². The minimum atomic E-state index is -0.244. The maximum Gasteiger partial charge on any atom is 0.305 e. The molecule has 0 saturated heterocycles. The SMILES string of the molecule is COC(=O)CCCCC(=O)NC(C)c1cccc(OCc2ccccn2)c1. The number of rotatable bonds is 10. The number of carbonyl (C=O) groups excluding carboxylic acids is 2.